The molecule has 0 aliphatic carbocycles. The molecule has 3 rings (SSSR count). The van der Waals surface area contributed by atoms with Gasteiger partial charge in [0.2, 0.25) is 0 Å². The van der Waals surface area contributed by atoms with E-state index in [-0.39, 0.29) is 5.56 Å². The molecule has 0 fully saturated rings. The molecule has 2 aromatic carbocycles. The molecule has 0 saturated carbocycles. The fourth-order valence-corrected chi connectivity index (χ4v) is 3.49. The van der Waals surface area contributed by atoms with Gasteiger partial charge in [0, 0.05) is 24.2 Å². The first kappa shape index (κ1) is 13.8. The van der Waals surface area contributed by atoms with Gasteiger partial charge in [-0.25, -0.2) is 0 Å². The molecule has 106 valence electrons. The second-order valence-electron chi connectivity index (χ2n) is 5.42. The van der Waals surface area contributed by atoms with E-state index >= 15 is 0 Å². The van der Waals surface area contributed by atoms with Crippen LogP contribution in [0, 0.1) is 0 Å². The second-order valence-corrected chi connectivity index (χ2v) is 7.66. The first-order valence-electron chi connectivity index (χ1n) is 7.02. The molecule has 3 aromatic rings. The number of pyridine rings is 1. The largest absolute Gasteiger partial charge is 0.350 e. The van der Waals surface area contributed by atoms with Gasteiger partial charge in [0.1, 0.15) is 8.96 Å². The van der Waals surface area contributed by atoms with E-state index in [9.17, 15) is 4.79 Å². The van der Waals surface area contributed by atoms with Crippen molar-refractivity contribution < 1.29 is 0 Å². The number of fused-ring (bicyclic) bond motifs is 1. The number of hydrogen-bond donors (Lipinski definition) is 1. The van der Waals surface area contributed by atoms with Gasteiger partial charge in [-0.3, -0.25) is 4.79 Å². The van der Waals surface area contributed by atoms with Crippen LogP contribution in [0.2, 0.25) is 6.55 Å². The summed E-state index contributed by atoms with van der Waals surface area (Å²) >= 11 is 0. The van der Waals surface area contributed by atoms with Crippen LogP contribution in [0.25, 0.3) is 21.9 Å². The van der Waals surface area contributed by atoms with Gasteiger partial charge < -0.3 is 9.97 Å². The van der Waals surface area contributed by atoms with Gasteiger partial charge in [-0.1, -0.05) is 49.0 Å². The van der Waals surface area contributed by atoms with Crippen LogP contribution in [0.3, 0.4) is 0 Å². The number of benzene rings is 2. The molecule has 1 heterocycles. The van der Waals surface area contributed by atoms with Crippen molar-refractivity contribution in [2.45, 2.75) is 6.55 Å². The molecule has 3 nitrogen and oxygen atoms in total. The number of hydrogen-bond acceptors (Lipinski definition) is 2. The number of nitrogens with two attached hydrogens (primary N) is 1. The minimum absolute atomic E-state index is 0.0343. The Bertz CT molecular complexity index is 868. The summed E-state index contributed by atoms with van der Waals surface area (Å²) in [5.41, 5.74) is 2.22. The summed E-state index contributed by atoms with van der Waals surface area (Å²) in [6.07, 6.45) is 1.91. The molecule has 0 spiro atoms. The van der Waals surface area contributed by atoms with Gasteiger partial charge in [-0.15, -0.1) is 0 Å². The summed E-state index contributed by atoms with van der Waals surface area (Å²) in [7, 11) is 0.461. The van der Waals surface area contributed by atoms with Crippen molar-refractivity contribution in [3.8, 4) is 11.1 Å². The quantitative estimate of drug-likeness (QED) is 0.732. The van der Waals surface area contributed by atoms with E-state index in [4.69, 9.17) is 5.40 Å². The first-order chi connectivity index (χ1) is 10.1. The highest BCUT2D eigenvalue weighted by atomic mass is 28.3. The van der Waals surface area contributed by atoms with Crippen LogP contribution in [0.4, 0.5) is 0 Å². The molecule has 0 radical (unpaired) electrons. The maximum atomic E-state index is 12.2. The van der Waals surface area contributed by atoms with Crippen LogP contribution < -0.4 is 16.1 Å². The van der Waals surface area contributed by atoms with Gasteiger partial charge in [-0.2, -0.15) is 0 Å². The third-order valence-electron chi connectivity index (χ3n) is 3.81. The molecule has 0 aliphatic rings. The fraction of sp³-hybridized carbons (Fsp3) is 0.118. The van der Waals surface area contributed by atoms with Crippen molar-refractivity contribution in [2.24, 2.45) is 12.4 Å². The topological polar surface area (TPSA) is 48.0 Å². The Kier molecular flexibility index (Phi) is 3.49. The van der Waals surface area contributed by atoms with E-state index < -0.39 is 8.96 Å². The van der Waals surface area contributed by atoms with Crippen LogP contribution in [-0.4, -0.2) is 13.5 Å². The lowest BCUT2D eigenvalue weighted by Gasteiger charge is -2.11. The Labute approximate surface area is 125 Å². The van der Waals surface area contributed by atoms with Gasteiger partial charge >= 0.3 is 0 Å². The van der Waals surface area contributed by atoms with Crippen LogP contribution in [0.5, 0.6) is 0 Å². The molecule has 1 aromatic heterocycles. The van der Waals surface area contributed by atoms with Gasteiger partial charge in [0.25, 0.3) is 5.56 Å². The van der Waals surface area contributed by atoms with Gasteiger partial charge in [0.15, 0.2) is 0 Å². The number of aromatic nitrogens is 1. The number of rotatable bonds is 2. The van der Waals surface area contributed by atoms with Crippen molar-refractivity contribution >= 4 is 24.9 Å². The zero-order chi connectivity index (χ0) is 15.0. The number of aryl methyl sites for hydroxylation is 1. The summed E-state index contributed by atoms with van der Waals surface area (Å²) in [4.78, 5) is 12.2. The average Bonchev–Trinajstić information content (AvgIpc) is 2.51. The Morgan fingerprint density at radius 3 is 2.48 bits per heavy atom. The summed E-state index contributed by atoms with van der Waals surface area (Å²) in [6.45, 7) is 2.11. The molecular formula is C17H18N2OSi. The van der Waals surface area contributed by atoms with E-state index in [0.717, 1.165) is 21.9 Å². The predicted molar refractivity (Wildman–Crippen MR) is 91.5 cm³/mol. The molecule has 21 heavy (non-hydrogen) atoms. The lowest BCUT2D eigenvalue weighted by atomic mass is 10.0. The predicted octanol–water partition coefficient (Wildman–Crippen LogP) is 1.72. The van der Waals surface area contributed by atoms with Crippen molar-refractivity contribution in [1.82, 2.24) is 4.57 Å². The summed E-state index contributed by atoms with van der Waals surface area (Å²) in [5.74, 6) is 0. The number of nitrogens with zero attached hydrogens (tertiary/aromatic N) is 1. The Balaban J connectivity index is 2.33. The monoisotopic (exact) mass is 294 g/mol. The van der Waals surface area contributed by atoms with E-state index in [1.807, 2.05) is 36.5 Å². The summed E-state index contributed by atoms with van der Waals surface area (Å²) in [6, 6.07) is 16.1. The Hall–Kier alpha value is -2.17. The smallest absolute Gasteiger partial charge is 0.258 e. The minimum Gasteiger partial charge on any atom is -0.350 e. The lowest BCUT2D eigenvalue weighted by molar-refractivity contribution is 0.875. The molecule has 4 heteroatoms. The van der Waals surface area contributed by atoms with Crippen molar-refractivity contribution in [2.75, 3.05) is 0 Å². The normalized spacial score (nSPS) is 12.5. The summed E-state index contributed by atoms with van der Waals surface area (Å²) in [5, 5.41) is 9.08. The van der Waals surface area contributed by atoms with E-state index in [1.54, 1.807) is 11.6 Å². The van der Waals surface area contributed by atoms with Gasteiger partial charge in [0.05, 0.1) is 0 Å². The third kappa shape index (κ3) is 2.43. The van der Waals surface area contributed by atoms with Gasteiger partial charge in [-0.05, 0) is 22.2 Å². The van der Waals surface area contributed by atoms with E-state index in [0.29, 0.717) is 0 Å². The molecule has 0 amide bonds. The van der Waals surface area contributed by atoms with E-state index in [1.165, 1.54) is 5.19 Å². The zero-order valence-electron chi connectivity index (χ0n) is 12.2. The van der Waals surface area contributed by atoms with Crippen LogP contribution in [0.1, 0.15) is 0 Å². The zero-order valence-corrected chi connectivity index (χ0v) is 13.4. The maximum Gasteiger partial charge on any atom is 0.258 e. The van der Waals surface area contributed by atoms with Crippen molar-refractivity contribution in [1.29, 1.82) is 0 Å². The molecule has 1 atom stereocenters. The molecule has 2 N–H and O–H groups in total. The SMILES string of the molecule is Cn1cc(-c2cccc([SiH](C)N)c2)c2ccccc2c1=O. The van der Waals surface area contributed by atoms with Crippen LogP contribution in [-0.2, 0) is 7.05 Å². The minimum atomic E-state index is -1.33. The third-order valence-corrected chi connectivity index (χ3v) is 5.22. The van der Waals surface area contributed by atoms with Crippen LogP contribution in [0.15, 0.2) is 59.5 Å². The Morgan fingerprint density at radius 1 is 1.05 bits per heavy atom. The summed E-state index contributed by atoms with van der Waals surface area (Å²) < 4.78 is 1.65. The molecule has 1 unspecified atom stereocenters. The maximum absolute atomic E-state index is 12.2. The molecule has 0 aliphatic heterocycles. The standard InChI is InChI=1S/C17H18N2OSi/c1-19-11-16(12-6-5-7-13(10-12)21(2)18)14-8-3-4-9-15(14)17(19)20/h3-11,21H,18H2,1-2H3. The molecular weight excluding hydrogens is 276 g/mol. The highest BCUT2D eigenvalue weighted by Crippen LogP contribution is 2.25. The van der Waals surface area contributed by atoms with Crippen LogP contribution >= 0.6 is 0 Å². The first-order valence-corrected chi connectivity index (χ1v) is 9.42. The van der Waals surface area contributed by atoms with Crippen molar-refractivity contribution in [3.63, 3.8) is 0 Å². The molecule has 0 bridgehead atoms. The highest BCUT2D eigenvalue weighted by Gasteiger charge is 2.10. The highest BCUT2D eigenvalue weighted by molar-refractivity contribution is 6.69. The average molecular weight is 294 g/mol. The molecule has 0 saturated heterocycles. The lowest BCUT2D eigenvalue weighted by Crippen LogP contribution is -2.36. The van der Waals surface area contributed by atoms with E-state index in [2.05, 4.69) is 24.7 Å². The second kappa shape index (κ2) is 5.31. The Morgan fingerprint density at radius 2 is 1.76 bits per heavy atom. The fourth-order valence-electron chi connectivity index (χ4n) is 2.64. The van der Waals surface area contributed by atoms with Crippen molar-refractivity contribution in [3.05, 3.63) is 65.1 Å².